The Kier molecular flexibility index (Phi) is 7.93. The van der Waals surface area contributed by atoms with Gasteiger partial charge < -0.3 is 10.2 Å². The lowest BCUT2D eigenvalue weighted by atomic mass is 10.1. The molecule has 1 N–H and O–H groups in total. The van der Waals surface area contributed by atoms with Gasteiger partial charge in [-0.25, -0.2) is 9.67 Å². The Balaban J connectivity index is 0.00000156. The third-order valence-electron chi connectivity index (χ3n) is 4.13. The lowest BCUT2D eigenvalue weighted by molar-refractivity contribution is 0.405. The van der Waals surface area contributed by atoms with Gasteiger partial charge in [-0.1, -0.05) is 18.2 Å². The van der Waals surface area contributed by atoms with Gasteiger partial charge in [0.1, 0.15) is 0 Å². The Morgan fingerprint density at radius 1 is 1.16 bits per heavy atom. The number of benzene rings is 1. The summed E-state index contributed by atoms with van der Waals surface area (Å²) in [5, 5.41) is 10.6. The third kappa shape index (κ3) is 4.35. The summed E-state index contributed by atoms with van der Waals surface area (Å²) < 4.78 is 1.99. The molecule has 0 aliphatic rings. The SMILES string of the molecule is CCn1nc(C)c2c(NCCCN(C)C)c3ccccc3nc21.Cl.Cl. The number of hydrogen-bond acceptors (Lipinski definition) is 4. The van der Waals surface area contributed by atoms with Gasteiger partial charge in [-0.3, -0.25) is 0 Å². The molecule has 0 saturated heterocycles. The first kappa shape index (κ1) is 21.5. The summed E-state index contributed by atoms with van der Waals surface area (Å²) in [6.07, 6.45) is 1.10. The number of para-hydroxylation sites is 1. The molecule has 3 rings (SSSR count). The van der Waals surface area contributed by atoms with Crippen LogP contribution in [0.15, 0.2) is 24.3 Å². The van der Waals surface area contributed by atoms with E-state index in [9.17, 15) is 0 Å². The number of nitrogens with zero attached hydrogens (tertiary/aromatic N) is 4. The number of fused-ring (bicyclic) bond motifs is 2. The maximum absolute atomic E-state index is 4.84. The number of rotatable bonds is 6. The molecule has 0 aliphatic heterocycles. The Morgan fingerprint density at radius 3 is 2.56 bits per heavy atom. The van der Waals surface area contributed by atoms with Gasteiger partial charge in [0.25, 0.3) is 0 Å². The van der Waals surface area contributed by atoms with Gasteiger partial charge in [0, 0.05) is 18.5 Å². The fraction of sp³-hybridized carbons (Fsp3) is 0.444. The van der Waals surface area contributed by atoms with Crippen LogP contribution in [-0.2, 0) is 6.54 Å². The normalized spacial score (nSPS) is 10.8. The second kappa shape index (κ2) is 9.22. The second-order valence-corrected chi connectivity index (χ2v) is 6.19. The number of nitrogens with one attached hydrogen (secondary N) is 1. The van der Waals surface area contributed by atoms with Crippen LogP contribution >= 0.6 is 24.8 Å². The average Bonchev–Trinajstić information content (AvgIpc) is 2.86. The van der Waals surface area contributed by atoms with Gasteiger partial charge in [0.05, 0.1) is 22.3 Å². The quantitative estimate of drug-likeness (QED) is 0.650. The van der Waals surface area contributed by atoms with Gasteiger partial charge in [0.15, 0.2) is 5.65 Å². The molecule has 0 spiro atoms. The van der Waals surface area contributed by atoms with Gasteiger partial charge in [-0.05, 0) is 47.0 Å². The van der Waals surface area contributed by atoms with E-state index >= 15 is 0 Å². The molecule has 0 aliphatic carbocycles. The fourth-order valence-corrected chi connectivity index (χ4v) is 3.02. The minimum absolute atomic E-state index is 0. The topological polar surface area (TPSA) is 46.0 Å². The van der Waals surface area contributed by atoms with E-state index in [1.54, 1.807) is 0 Å². The third-order valence-corrected chi connectivity index (χ3v) is 4.13. The van der Waals surface area contributed by atoms with E-state index in [4.69, 9.17) is 4.98 Å². The zero-order valence-corrected chi connectivity index (χ0v) is 16.9. The smallest absolute Gasteiger partial charge is 0.160 e. The van der Waals surface area contributed by atoms with E-state index in [1.165, 1.54) is 11.1 Å². The Bertz CT molecular complexity index is 829. The van der Waals surface area contributed by atoms with Gasteiger partial charge >= 0.3 is 0 Å². The van der Waals surface area contributed by atoms with Gasteiger partial charge in [-0.2, -0.15) is 5.10 Å². The Morgan fingerprint density at radius 2 is 1.88 bits per heavy atom. The monoisotopic (exact) mass is 383 g/mol. The molecule has 138 valence electrons. The van der Waals surface area contributed by atoms with Crippen LogP contribution in [0.3, 0.4) is 0 Å². The van der Waals surface area contributed by atoms with Crippen molar-refractivity contribution in [3.05, 3.63) is 30.0 Å². The van der Waals surface area contributed by atoms with Gasteiger partial charge in [0.2, 0.25) is 0 Å². The van der Waals surface area contributed by atoms with Gasteiger partial charge in [-0.15, -0.1) is 24.8 Å². The number of aromatic nitrogens is 3. The van der Waals surface area contributed by atoms with Crippen molar-refractivity contribution in [3.63, 3.8) is 0 Å². The highest BCUT2D eigenvalue weighted by Crippen LogP contribution is 2.32. The second-order valence-electron chi connectivity index (χ2n) is 6.19. The molecule has 0 atom stereocenters. The molecule has 2 heterocycles. The predicted octanol–water partition coefficient (Wildman–Crippen LogP) is 4.12. The summed E-state index contributed by atoms with van der Waals surface area (Å²) in [4.78, 5) is 7.05. The highest BCUT2D eigenvalue weighted by Gasteiger charge is 2.15. The van der Waals surface area contributed by atoms with Crippen LogP contribution in [-0.4, -0.2) is 46.8 Å². The number of aryl methyl sites for hydroxylation is 2. The van der Waals surface area contributed by atoms with E-state index < -0.39 is 0 Å². The highest BCUT2D eigenvalue weighted by atomic mass is 35.5. The van der Waals surface area contributed by atoms with E-state index in [1.807, 2.05) is 10.7 Å². The van der Waals surface area contributed by atoms with Crippen molar-refractivity contribution in [3.8, 4) is 0 Å². The van der Waals surface area contributed by atoms with Crippen LogP contribution in [0.4, 0.5) is 5.69 Å². The molecule has 0 bridgehead atoms. The molecule has 25 heavy (non-hydrogen) atoms. The lowest BCUT2D eigenvalue weighted by Gasteiger charge is -2.13. The first-order valence-electron chi connectivity index (χ1n) is 8.26. The minimum Gasteiger partial charge on any atom is -0.384 e. The molecular weight excluding hydrogens is 357 g/mol. The van der Waals surface area contributed by atoms with Crippen molar-refractivity contribution in [1.29, 1.82) is 0 Å². The van der Waals surface area contributed by atoms with Crippen molar-refractivity contribution in [2.45, 2.75) is 26.8 Å². The summed E-state index contributed by atoms with van der Waals surface area (Å²) >= 11 is 0. The maximum atomic E-state index is 4.84. The molecule has 7 heteroatoms. The van der Waals surface area contributed by atoms with Crippen LogP contribution in [0.2, 0.25) is 0 Å². The predicted molar refractivity (Wildman–Crippen MR) is 112 cm³/mol. The molecule has 5 nitrogen and oxygen atoms in total. The largest absolute Gasteiger partial charge is 0.384 e. The molecule has 0 fully saturated rings. The van der Waals surface area contributed by atoms with Crippen molar-refractivity contribution < 1.29 is 0 Å². The maximum Gasteiger partial charge on any atom is 0.160 e. The molecule has 0 unspecified atom stereocenters. The van der Waals surface area contributed by atoms with E-state index in [2.05, 4.69) is 61.5 Å². The minimum atomic E-state index is 0. The molecule has 1 aromatic carbocycles. The van der Waals surface area contributed by atoms with Crippen LogP contribution in [0.25, 0.3) is 21.9 Å². The fourth-order valence-electron chi connectivity index (χ4n) is 3.02. The summed E-state index contributed by atoms with van der Waals surface area (Å²) in [6, 6.07) is 8.32. The first-order chi connectivity index (χ1) is 11.1. The lowest BCUT2D eigenvalue weighted by Crippen LogP contribution is -2.16. The van der Waals surface area contributed by atoms with Crippen LogP contribution in [0, 0.1) is 6.92 Å². The molecule has 0 saturated carbocycles. The average molecular weight is 384 g/mol. The molecule has 2 aromatic heterocycles. The van der Waals surface area contributed by atoms with Crippen molar-refractivity contribution >= 4 is 52.4 Å². The Hall–Kier alpha value is -1.56. The standard InChI is InChI=1S/C18H25N5.2ClH/c1-5-23-18-16(13(2)21-23)17(19-11-8-12-22(3)4)14-9-6-7-10-15(14)20-18;;/h6-7,9-10H,5,8,11-12H2,1-4H3,(H,19,20);2*1H. The number of anilines is 1. The van der Waals surface area contributed by atoms with Crippen molar-refractivity contribution in [1.82, 2.24) is 19.7 Å². The summed E-state index contributed by atoms with van der Waals surface area (Å²) in [6.45, 7) is 7.02. The highest BCUT2D eigenvalue weighted by molar-refractivity contribution is 6.07. The van der Waals surface area contributed by atoms with Crippen molar-refractivity contribution in [2.24, 2.45) is 0 Å². The molecule has 3 aromatic rings. The summed E-state index contributed by atoms with van der Waals surface area (Å²) in [7, 11) is 4.21. The Labute approximate surface area is 161 Å². The number of pyridine rings is 1. The first-order valence-corrected chi connectivity index (χ1v) is 8.26. The zero-order valence-electron chi connectivity index (χ0n) is 15.2. The van der Waals surface area contributed by atoms with E-state index in [0.717, 1.165) is 48.3 Å². The van der Waals surface area contributed by atoms with Crippen LogP contribution < -0.4 is 5.32 Å². The summed E-state index contributed by atoms with van der Waals surface area (Å²) in [5.74, 6) is 0. The van der Waals surface area contributed by atoms with Crippen LogP contribution in [0.5, 0.6) is 0 Å². The van der Waals surface area contributed by atoms with Crippen LogP contribution in [0.1, 0.15) is 19.0 Å². The number of hydrogen-bond donors (Lipinski definition) is 1. The molecule has 0 radical (unpaired) electrons. The van der Waals surface area contributed by atoms with Crippen molar-refractivity contribution in [2.75, 3.05) is 32.5 Å². The number of halogens is 2. The van der Waals surface area contributed by atoms with E-state index in [0.29, 0.717) is 0 Å². The molecular formula is C18H27Cl2N5. The molecule has 0 amide bonds. The summed E-state index contributed by atoms with van der Waals surface area (Å²) in [5.41, 5.74) is 4.19. The zero-order chi connectivity index (χ0) is 16.4. The van der Waals surface area contributed by atoms with E-state index in [-0.39, 0.29) is 24.8 Å².